The largest absolute Gasteiger partial charge is 0.469 e. The Morgan fingerprint density at radius 2 is 2.04 bits per heavy atom. The Labute approximate surface area is 147 Å². The minimum atomic E-state index is -0.470. The molecule has 7 nitrogen and oxygen atoms in total. The molecule has 25 heavy (non-hydrogen) atoms. The highest BCUT2D eigenvalue weighted by Gasteiger charge is 2.39. The summed E-state index contributed by atoms with van der Waals surface area (Å²) in [6.07, 6.45) is 11.1. The average molecular weight is 342 g/mol. The highest BCUT2D eigenvalue weighted by Crippen LogP contribution is 2.37. The highest BCUT2D eigenvalue weighted by atomic mass is 16.5. The van der Waals surface area contributed by atoms with Crippen molar-refractivity contribution in [2.24, 2.45) is 16.1 Å². The summed E-state index contributed by atoms with van der Waals surface area (Å²) < 4.78 is 4.83. The molecular weight excluding hydrogens is 320 g/mol. The van der Waals surface area contributed by atoms with Crippen LogP contribution in [0.5, 0.6) is 0 Å². The Bertz CT molecular complexity index is 661. The number of hydrogen-bond acceptors (Lipinski definition) is 6. The zero-order valence-corrected chi connectivity index (χ0v) is 14.3. The molecular formula is C18H22N4O3. The molecule has 0 saturated carbocycles. The van der Waals surface area contributed by atoms with E-state index in [4.69, 9.17) is 11.2 Å². The van der Waals surface area contributed by atoms with Crippen molar-refractivity contribution in [3.05, 3.63) is 30.1 Å². The highest BCUT2D eigenvalue weighted by molar-refractivity contribution is 5.78. The molecule has 1 aliphatic heterocycles. The standard InChI is InChI=1S/C18H22N4O3/c1-3-4-8-18(21-22-18)9-5-16(23)20-13-15(17(24)25-2)12-14-6-10-19-11-7-14/h1,6-7,10-11,15H,4-5,8-9,12-13H2,2H3,(H,20,23). The summed E-state index contributed by atoms with van der Waals surface area (Å²) in [5.74, 6) is 1.62. The van der Waals surface area contributed by atoms with Gasteiger partial charge in [0.05, 0.1) is 13.0 Å². The molecule has 0 fully saturated rings. The van der Waals surface area contributed by atoms with Crippen LogP contribution in [-0.2, 0) is 20.7 Å². The number of amides is 1. The number of carbonyl (C=O) groups excluding carboxylic acids is 2. The third-order valence-corrected chi connectivity index (χ3v) is 4.12. The van der Waals surface area contributed by atoms with Crippen molar-refractivity contribution in [3.8, 4) is 12.3 Å². The summed E-state index contributed by atoms with van der Waals surface area (Å²) >= 11 is 0. The van der Waals surface area contributed by atoms with Crippen LogP contribution in [0, 0.1) is 18.3 Å². The lowest BCUT2D eigenvalue weighted by atomic mass is 9.99. The van der Waals surface area contributed by atoms with Gasteiger partial charge in [-0.2, -0.15) is 10.2 Å². The number of terminal acetylenes is 1. The maximum absolute atomic E-state index is 12.1. The predicted octanol–water partition coefficient (Wildman–Crippen LogP) is 1.89. The number of carbonyl (C=O) groups is 2. The van der Waals surface area contributed by atoms with E-state index >= 15 is 0 Å². The summed E-state index contributed by atoms with van der Waals surface area (Å²) in [5.41, 5.74) is 0.492. The van der Waals surface area contributed by atoms with Crippen molar-refractivity contribution in [1.82, 2.24) is 10.3 Å². The quantitative estimate of drug-likeness (QED) is 0.519. The molecule has 1 unspecified atom stereocenters. The Morgan fingerprint density at radius 3 is 2.64 bits per heavy atom. The van der Waals surface area contributed by atoms with Gasteiger partial charge in [-0.25, -0.2) is 0 Å². The molecule has 1 aromatic rings. The van der Waals surface area contributed by atoms with E-state index in [0.717, 1.165) is 5.56 Å². The van der Waals surface area contributed by atoms with Crippen molar-refractivity contribution in [2.75, 3.05) is 13.7 Å². The zero-order valence-electron chi connectivity index (χ0n) is 14.3. The van der Waals surface area contributed by atoms with E-state index in [-0.39, 0.29) is 18.4 Å². The van der Waals surface area contributed by atoms with Gasteiger partial charge in [-0.1, -0.05) is 0 Å². The molecule has 2 rings (SSSR count). The van der Waals surface area contributed by atoms with E-state index in [1.54, 1.807) is 12.4 Å². The Kier molecular flexibility index (Phi) is 6.63. The Morgan fingerprint density at radius 1 is 1.32 bits per heavy atom. The molecule has 132 valence electrons. The van der Waals surface area contributed by atoms with Crippen LogP contribution in [0.1, 0.15) is 31.2 Å². The van der Waals surface area contributed by atoms with Crippen molar-refractivity contribution >= 4 is 11.9 Å². The molecule has 0 aromatic carbocycles. The summed E-state index contributed by atoms with van der Waals surface area (Å²) in [5, 5.41) is 10.8. The van der Waals surface area contributed by atoms with E-state index in [1.165, 1.54) is 7.11 Å². The first-order valence-electron chi connectivity index (χ1n) is 8.19. The number of nitrogens with one attached hydrogen (secondary N) is 1. The van der Waals surface area contributed by atoms with E-state index in [2.05, 4.69) is 26.4 Å². The number of hydrogen-bond donors (Lipinski definition) is 1. The van der Waals surface area contributed by atoms with Crippen molar-refractivity contribution in [2.45, 2.75) is 37.8 Å². The van der Waals surface area contributed by atoms with E-state index in [0.29, 0.717) is 32.1 Å². The summed E-state index contributed by atoms with van der Waals surface area (Å²) in [6, 6.07) is 3.67. The molecule has 1 atom stereocenters. The third kappa shape index (κ3) is 5.99. The Hall–Kier alpha value is -2.75. The fourth-order valence-corrected chi connectivity index (χ4v) is 2.52. The second-order valence-electron chi connectivity index (χ2n) is 5.97. The normalized spacial score (nSPS) is 15.0. The number of ether oxygens (including phenoxy) is 1. The number of nitrogens with zero attached hydrogens (tertiary/aromatic N) is 3. The number of aromatic nitrogens is 1. The molecule has 2 heterocycles. The maximum atomic E-state index is 12.1. The predicted molar refractivity (Wildman–Crippen MR) is 91.3 cm³/mol. The van der Waals surface area contributed by atoms with Gasteiger partial charge in [0.15, 0.2) is 5.66 Å². The molecule has 1 aromatic heterocycles. The van der Waals surface area contributed by atoms with Crippen LogP contribution in [-0.4, -0.2) is 36.2 Å². The van der Waals surface area contributed by atoms with Crippen LogP contribution >= 0.6 is 0 Å². The summed E-state index contributed by atoms with van der Waals surface area (Å²) in [6.45, 7) is 0.222. The molecule has 0 radical (unpaired) electrons. The fourth-order valence-electron chi connectivity index (χ4n) is 2.52. The maximum Gasteiger partial charge on any atom is 0.310 e. The van der Waals surface area contributed by atoms with Crippen LogP contribution in [0.2, 0.25) is 0 Å². The van der Waals surface area contributed by atoms with E-state index in [1.807, 2.05) is 12.1 Å². The van der Waals surface area contributed by atoms with Gasteiger partial charge in [-0.05, 0) is 24.1 Å². The molecule has 0 spiro atoms. The summed E-state index contributed by atoms with van der Waals surface area (Å²) in [4.78, 5) is 27.9. The molecule has 1 N–H and O–H groups in total. The summed E-state index contributed by atoms with van der Waals surface area (Å²) in [7, 11) is 1.34. The molecule has 0 aliphatic carbocycles. The molecule has 0 saturated heterocycles. The Balaban J connectivity index is 1.78. The van der Waals surface area contributed by atoms with Crippen LogP contribution in [0.3, 0.4) is 0 Å². The fraction of sp³-hybridized carbons (Fsp3) is 0.500. The van der Waals surface area contributed by atoms with E-state index < -0.39 is 11.6 Å². The topological polar surface area (TPSA) is 93.0 Å². The van der Waals surface area contributed by atoms with Crippen molar-refractivity contribution in [1.29, 1.82) is 0 Å². The molecule has 0 bridgehead atoms. The minimum absolute atomic E-state index is 0.138. The second-order valence-corrected chi connectivity index (χ2v) is 5.97. The van der Waals surface area contributed by atoms with Crippen LogP contribution in [0.15, 0.2) is 34.8 Å². The lowest BCUT2D eigenvalue weighted by Crippen LogP contribution is -2.35. The van der Waals surface area contributed by atoms with Gasteiger partial charge in [-0.15, -0.1) is 12.3 Å². The van der Waals surface area contributed by atoms with E-state index in [9.17, 15) is 9.59 Å². The average Bonchev–Trinajstić information content (AvgIpc) is 3.42. The number of methoxy groups -OCH3 is 1. The minimum Gasteiger partial charge on any atom is -0.469 e. The van der Waals surface area contributed by atoms with Crippen LogP contribution in [0.4, 0.5) is 0 Å². The SMILES string of the molecule is C#CCCC1(CCC(=O)NCC(Cc2ccncc2)C(=O)OC)N=N1. The first kappa shape index (κ1) is 18.6. The molecule has 7 heteroatoms. The monoisotopic (exact) mass is 342 g/mol. The first-order chi connectivity index (χ1) is 12.1. The van der Waals surface area contributed by atoms with Crippen molar-refractivity contribution in [3.63, 3.8) is 0 Å². The molecule has 1 aliphatic rings. The van der Waals surface area contributed by atoms with Gasteiger partial charge in [0.1, 0.15) is 0 Å². The number of pyridine rings is 1. The molecule has 1 amide bonds. The van der Waals surface area contributed by atoms with Gasteiger partial charge in [-0.3, -0.25) is 14.6 Å². The van der Waals surface area contributed by atoms with Gasteiger partial charge in [0.2, 0.25) is 5.91 Å². The lowest BCUT2D eigenvalue weighted by Gasteiger charge is -2.16. The first-order valence-corrected chi connectivity index (χ1v) is 8.19. The van der Waals surface area contributed by atoms with Gasteiger partial charge < -0.3 is 10.1 Å². The van der Waals surface area contributed by atoms with Crippen LogP contribution in [0.25, 0.3) is 0 Å². The van der Waals surface area contributed by atoms with Crippen LogP contribution < -0.4 is 5.32 Å². The third-order valence-electron chi connectivity index (χ3n) is 4.12. The number of esters is 1. The lowest BCUT2D eigenvalue weighted by molar-refractivity contribution is -0.145. The smallest absolute Gasteiger partial charge is 0.310 e. The van der Waals surface area contributed by atoms with Gasteiger partial charge >= 0.3 is 5.97 Å². The van der Waals surface area contributed by atoms with Gasteiger partial charge in [0.25, 0.3) is 0 Å². The zero-order chi connectivity index (χ0) is 18.1. The van der Waals surface area contributed by atoms with Crippen molar-refractivity contribution < 1.29 is 14.3 Å². The van der Waals surface area contributed by atoms with Gasteiger partial charge in [0, 0.05) is 44.6 Å². The second kappa shape index (κ2) is 8.92. The number of rotatable bonds is 10.